The van der Waals surface area contributed by atoms with Crippen molar-refractivity contribution in [2.24, 2.45) is 0 Å². The molecule has 0 radical (unpaired) electrons. The summed E-state index contributed by atoms with van der Waals surface area (Å²) in [5.74, 6) is 0. The van der Waals surface area contributed by atoms with Crippen molar-refractivity contribution < 1.29 is 4.79 Å². The molecule has 0 aromatic heterocycles. The number of likely N-dealkylation sites (N-methyl/N-ethyl adjacent to an activating group) is 2. The highest BCUT2D eigenvalue weighted by molar-refractivity contribution is 5.74. The molecule has 0 saturated carbocycles. The lowest BCUT2D eigenvalue weighted by Gasteiger charge is -2.22. The van der Waals surface area contributed by atoms with Gasteiger partial charge in [-0.15, -0.1) is 13.2 Å². The minimum Gasteiger partial charge on any atom is -0.324 e. The molecule has 2 amide bonds. The first-order chi connectivity index (χ1) is 5.63. The largest absolute Gasteiger partial charge is 0.324 e. The fourth-order valence-corrected chi connectivity index (χ4v) is 0.835. The third kappa shape index (κ3) is 3.23. The summed E-state index contributed by atoms with van der Waals surface area (Å²) in [5, 5.41) is 0. The number of nitrogens with zero attached hydrogens (tertiary/aromatic N) is 2. The van der Waals surface area contributed by atoms with Gasteiger partial charge in [-0.05, 0) is 0 Å². The molecule has 0 bridgehead atoms. The van der Waals surface area contributed by atoms with Gasteiger partial charge in [0.05, 0.1) is 0 Å². The van der Waals surface area contributed by atoms with Crippen LogP contribution >= 0.6 is 0 Å². The molecule has 0 spiro atoms. The fourth-order valence-electron chi connectivity index (χ4n) is 0.835. The third-order valence-corrected chi connectivity index (χ3v) is 1.46. The lowest BCUT2D eigenvalue weighted by molar-refractivity contribution is 0.182. The smallest absolute Gasteiger partial charge is 0.320 e. The van der Waals surface area contributed by atoms with E-state index in [1.54, 1.807) is 36.0 Å². The second-order valence-corrected chi connectivity index (χ2v) is 2.62. The van der Waals surface area contributed by atoms with Crippen LogP contribution in [0.15, 0.2) is 25.3 Å². The van der Waals surface area contributed by atoms with Crippen LogP contribution in [0.3, 0.4) is 0 Å². The normalized spacial score (nSPS) is 8.83. The molecule has 3 heteroatoms. The van der Waals surface area contributed by atoms with Crippen LogP contribution in [0.25, 0.3) is 0 Å². The topological polar surface area (TPSA) is 23.6 Å². The summed E-state index contributed by atoms with van der Waals surface area (Å²) in [4.78, 5) is 14.6. The molecule has 0 aliphatic carbocycles. The maximum absolute atomic E-state index is 11.4. The fraction of sp³-hybridized carbons (Fsp3) is 0.444. The van der Waals surface area contributed by atoms with Crippen LogP contribution in [0.4, 0.5) is 4.79 Å². The van der Waals surface area contributed by atoms with E-state index in [0.717, 1.165) is 0 Å². The van der Waals surface area contributed by atoms with Crippen LogP contribution in [0.1, 0.15) is 0 Å². The summed E-state index contributed by atoms with van der Waals surface area (Å²) in [6.07, 6.45) is 3.39. The average molecular weight is 168 g/mol. The van der Waals surface area contributed by atoms with E-state index in [9.17, 15) is 4.79 Å². The Bertz CT molecular complexity index is 159. The molecule has 0 heterocycles. The van der Waals surface area contributed by atoms with Crippen molar-refractivity contribution in [2.75, 3.05) is 27.2 Å². The molecule has 0 rings (SSSR count). The van der Waals surface area contributed by atoms with Gasteiger partial charge in [-0.2, -0.15) is 0 Å². The summed E-state index contributed by atoms with van der Waals surface area (Å²) >= 11 is 0. The van der Waals surface area contributed by atoms with Gasteiger partial charge >= 0.3 is 6.03 Å². The van der Waals surface area contributed by atoms with Crippen molar-refractivity contribution in [1.29, 1.82) is 0 Å². The Kier molecular flexibility index (Phi) is 4.84. The van der Waals surface area contributed by atoms with Gasteiger partial charge in [0, 0.05) is 27.2 Å². The van der Waals surface area contributed by atoms with E-state index in [0.29, 0.717) is 13.1 Å². The van der Waals surface area contributed by atoms with E-state index in [1.807, 2.05) is 0 Å². The van der Waals surface area contributed by atoms with E-state index >= 15 is 0 Å². The molecule has 0 aliphatic rings. The van der Waals surface area contributed by atoms with Crippen molar-refractivity contribution in [3.8, 4) is 0 Å². The van der Waals surface area contributed by atoms with E-state index in [-0.39, 0.29) is 6.03 Å². The Labute approximate surface area is 74.0 Å². The van der Waals surface area contributed by atoms with Gasteiger partial charge in [0.25, 0.3) is 0 Å². The molecule has 68 valence electrons. The minimum absolute atomic E-state index is 0.0187. The van der Waals surface area contributed by atoms with Gasteiger partial charge in [-0.1, -0.05) is 12.2 Å². The summed E-state index contributed by atoms with van der Waals surface area (Å²) in [7, 11) is 3.48. The number of hydrogen-bond acceptors (Lipinski definition) is 1. The number of rotatable bonds is 4. The SMILES string of the molecule is C=CCN(C)C(=O)N(C)CC=C. The second-order valence-electron chi connectivity index (χ2n) is 2.62. The highest BCUT2D eigenvalue weighted by Crippen LogP contribution is 1.93. The Morgan fingerprint density at radius 2 is 1.50 bits per heavy atom. The van der Waals surface area contributed by atoms with Crippen LogP contribution in [0.5, 0.6) is 0 Å². The van der Waals surface area contributed by atoms with E-state index in [1.165, 1.54) is 0 Å². The first-order valence-electron chi connectivity index (χ1n) is 3.81. The molecule has 0 unspecified atom stereocenters. The second kappa shape index (κ2) is 5.41. The van der Waals surface area contributed by atoms with Crippen molar-refractivity contribution in [1.82, 2.24) is 9.80 Å². The Balaban J connectivity index is 3.98. The van der Waals surface area contributed by atoms with Crippen molar-refractivity contribution >= 4 is 6.03 Å². The molecular weight excluding hydrogens is 152 g/mol. The zero-order valence-electron chi connectivity index (χ0n) is 7.79. The van der Waals surface area contributed by atoms with Crippen molar-refractivity contribution in [3.05, 3.63) is 25.3 Å². The van der Waals surface area contributed by atoms with Gasteiger partial charge in [-0.25, -0.2) is 4.79 Å². The van der Waals surface area contributed by atoms with Crippen LogP contribution < -0.4 is 0 Å². The summed E-state index contributed by atoms with van der Waals surface area (Å²) in [5.41, 5.74) is 0. The molecule has 0 aromatic rings. The van der Waals surface area contributed by atoms with Crippen molar-refractivity contribution in [3.63, 3.8) is 0 Å². The summed E-state index contributed by atoms with van der Waals surface area (Å²) < 4.78 is 0. The highest BCUT2D eigenvalue weighted by atomic mass is 16.2. The van der Waals surface area contributed by atoms with Crippen LogP contribution in [0.2, 0.25) is 0 Å². The van der Waals surface area contributed by atoms with Gasteiger partial charge in [0.15, 0.2) is 0 Å². The molecule has 0 fully saturated rings. The quantitative estimate of drug-likeness (QED) is 0.581. The van der Waals surface area contributed by atoms with Gasteiger partial charge < -0.3 is 9.80 Å². The monoisotopic (exact) mass is 168 g/mol. The molecule has 0 aromatic carbocycles. The number of hydrogen-bond donors (Lipinski definition) is 0. The molecule has 0 atom stereocenters. The molecule has 0 saturated heterocycles. The number of carbonyl (C=O) groups is 1. The first-order valence-corrected chi connectivity index (χ1v) is 3.81. The maximum Gasteiger partial charge on any atom is 0.320 e. The van der Waals surface area contributed by atoms with Crippen molar-refractivity contribution in [2.45, 2.75) is 0 Å². The number of urea groups is 1. The van der Waals surface area contributed by atoms with E-state index in [2.05, 4.69) is 13.2 Å². The summed E-state index contributed by atoms with van der Waals surface area (Å²) in [6.45, 7) is 8.25. The standard InChI is InChI=1S/C9H16N2O/c1-5-7-10(3)9(12)11(4)8-6-2/h5-6H,1-2,7-8H2,3-4H3. The maximum atomic E-state index is 11.4. The van der Waals surface area contributed by atoms with Gasteiger partial charge in [0.2, 0.25) is 0 Å². The molecular formula is C9H16N2O. The molecule has 12 heavy (non-hydrogen) atoms. The Morgan fingerprint density at radius 1 is 1.17 bits per heavy atom. The summed E-state index contributed by atoms with van der Waals surface area (Å²) in [6, 6.07) is -0.0187. The number of amides is 2. The lowest BCUT2D eigenvalue weighted by atomic mass is 10.5. The highest BCUT2D eigenvalue weighted by Gasteiger charge is 2.10. The third-order valence-electron chi connectivity index (χ3n) is 1.46. The minimum atomic E-state index is -0.0187. The van der Waals surface area contributed by atoms with Crippen LogP contribution in [-0.4, -0.2) is 43.0 Å². The Morgan fingerprint density at radius 3 is 1.75 bits per heavy atom. The van der Waals surface area contributed by atoms with Crippen LogP contribution in [0, 0.1) is 0 Å². The zero-order valence-corrected chi connectivity index (χ0v) is 7.79. The zero-order chi connectivity index (χ0) is 9.56. The van der Waals surface area contributed by atoms with E-state index < -0.39 is 0 Å². The number of carbonyl (C=O) groups excluding carboxylic acids is 1. The van der Waals surface area contributed by atoms with Gasteiger partial charge in [0.1, 0.15) is 0 Å². The molecule has 0 aliphatic heterocycles. The average Bonchev–Trinajstić information content (AvgIpc) is 2.04. The first kappa shape index (κ1) is 10.8. The Hall–Kier alpha value is -1.25. The predicted molar refractivity (Wildman–Crippen MR) is 51.1 cm³/mol. The predicted octanol–water partition coefficient (Wildman–Crippen LogP) is 1.34. The van der Waals surface area contributed by atoms with Crippen LogP contribution in [-0.2, 0) is 0 Å². The molecule has 0 N–H and O–H groups in total. The lowest BCUT2D eigenvalue weighted by Crippen LogP contribution is -2.38. The van der Waals surface area contributed by atoms with E-state index in [4.69, 9.17) is 0 Å². The molecule has 3 nitrogen and oxygen atoms in total. The van der Waals surface area contributed by atoms with Gasteiger partial charge in [-0.3, -0.25) is 0 Å².